The maximum atomic E-state index is 12.4. The van der Waals surface area contributed by atoms with Crippen molar-refractivity contribution in [1.82, 2.24) is 4.57 Å². The first-order valence-electron chi connectivity index (χ1n) is 7.58. The minimum Gasteiger partial charge on any atom is -0.461 e. The number of ether oxygens (including phenoxy) is 1. The zero-order valence-electron chi connectivity index (χ0n) is 13.1. The van der Waals surface area contributed by atoms with Gasteiger partial charge in [-0.3, -0.25) is 0 Å². The van der Waals surface area contributed by atoms with E-state index in [1.165, 1.54) is 0 Å². The molecule has 0 aliphatic carbocycles. The molecule has 0 saturated heterocycles. The van der Waals surface area contributed by atoms with Crippen LogP contribution < -0.4 is 0 Å². The molecule has 0 unspecified atom stereocenters. The molecule has 2 aromatic carbocycles. The molecule has 0 aliphatic rings. The third-order valence-corrected chi connectivity index (χ3v) is 4.58. The van der Waals surface area contributed by atoms with Gasteiger partial charge in [-0.2, -0.15) is 5.26 Å². The van der Waals surface area contributed by atoms with Crippen molar-refractivity contribution < 1.29 is 9.53 Å². The molecule has 120 valence electrons. The van der Waals surface area contributed by atoms with E-state index in [0.29, 0.717) is 24.4 Å². The lowest BCUT2D eigenvalue weighted by Gasteiger charge is -2.11. The third-order valence-electron chi connectivity index (χ3n) is 3.77. The lowest BCUT2D eigenvalue weighted by atomic mass is 10.1. The number of para-hydroxylation sites is 1. The van der Waals surface area contributed by atoms with Gasteiger partial charge in [0, 0.05) is 11.9 Å². The Hall–Kier alpha value is -2.58. The molecule has 0 bridgehead atoms. The fraction of sp³-hybridized carbons (Fsp3) is 0.158. The number of hydrogen-bond acceptors (Lipinski definition) is 3. The van der Waals surface area contributed by atoms with Gasteiger partial charge in [0.25, 0.3) is 0 Å². The fourth-order valence-corrected chi connectivity index (χ4v) is 3.46. The second kappa shape index (κ2) is 6.90. The molecule has 3 aromatic rings. The Kier molecular flexibility index (Phi) is 4.68. The van der Waals surface area contributed by atoms with E-state index >= 15 is 0 Å². The second-order valence-corrected chi connectivity index (χ2v) is 6.09. The molecule has 1 heterocycles. The Morgan fingerprint density at radius 2 is 2.04 bits per heavy atom. The van der Waals surface area contributed by atoms with Crippen LogP contribution in [0.25, 0.3) is 10.9 Å². The number of benzene rings is 2. The summed E-state index contributed by atoms with van der Waals surface area (Å²) in [5.41, 5.74) is 2.98. The van der Waals surface area contributed by atoms with E-state index in [2.05, 4.69) is 22.0 Å². The van der Waals surface area contributed by atoms with E-state index in [1.54, 1.807) is 13.0 Å². The Morgan fingerprint density at radius 3 is 2.79 bits per heavy atom. The highest BCUT2D eigenvalue weighted by atomic mass is 79.9. The summed E-state index contributed by atoms with van der Waals surface area (Å²) in [6.07, 6.45) is 0. The van der Waals surface area contributed by atoms with E-state index in [1.807, 2.05) is 47.0 Å². The third kappa shape index (κ3) is 2.93. The van der Waals surface area contributed by atoms with Crippen LogP contribution in [-0.4, -0.2) is 17.1 Å². The maximum absolute atomic E-state index is 12.4. The summed E-state index contributed by atoms with van der Waals surface area (Å²) in [7, 11) is 0. The van der Waals surface area contributed by atoms with Crippen molar-refractivity contribution in [2.24, 2.45) is 0 Å². The Balaban J connectivity index is 2.16. The van der Waals surface area contributed by atoms with Gasteiger partial charge in [-0.1, -0.05) is 30.3 Å². The SMILES string of the molecule is CCOC(=O)c1c(Br)c2ccccc2n1Cc1cccc(C#N)c1. The number of esters is 1. The normalized spacial score (nSPS) is 10.5. The molecule has 5 heteroatoms. The number of rotatable bonds is 4. The molecular weight excluding hydrogens is 368 g/mol. The van der Waals surface area contributed by atoms with Gasteiger partial charge in [0.1, 0.15) is 5.69 Å². The molecule has 4 nitrogen and oxygen atoms in total. The molecule has 0 saturated carbocycles. The molecular formula is C19H15BrN2O2. The van der Waals surface area contributed by atoms with Crippen LogP contribution in [0.4, 0.5) is 0 Å². The quantitative estimate of drug-likeness (QED) is 0.624. The molecule has 1 aromatic heterocycles. The van der Waals surface area contributed by atoms with Crippen molar-refractivity contribution in [3.63, 3.8) is 0 Å². The molecule has 0 radical (unpaired) electrons. The van der Waals surface area contributed by atoms with Gasteiger partial charge in [-0.25, -0.2) is 4.79 Å². The van der Waals surface area contributed by atoms with Crippen molar-refractivity contribution in [1.29, 1.82) is 5.26 Å². The Morgan fingerprint density at radius 1 is 1.25 bits per heavy atom. The lowest BCUT2D eigenvalue weighted by Crippen LogP contribution is -2.13. The molecule has 0 spiro atoms. The number of nitrogens with zero attached hydrogens (tertiary/aromatic N) is 2. The average molecular weight is 383 g/mol. The standard InChI is InChI=1S/C19H15BrN2O2/c1-2-24-19(23)18-17(20)15-8-3-4-9-16(15)22(18)12-14-7-5-6-13(10-14)11-21/h3-10H,2,12H2,1H3. The second-order valence-electron chi connectivity index (χ2n) is 5.30. The Labute approximate surface area is 148 Å². The lowest BCUT2D eigenvalue weighted by molar-refractivity contribution is 0.0514. The van der Waals surface area contributed by atoms with Gasteiger partial charge in [-0.15, -0.1) is 0 Å². The largest absolute Gasteiger partial charge is 0.461 e. The van der Waals surface area contributed by atoms with E-state index in [0.717, 1.165) is 20.9 Å². The first-order valence-corrected chi connectivity index (χ1v) is 8.38. The van der Waals surface area contributed by atoms with Crippen LogP contribution in [0.3, 0.4) is 0 Å². The predicted octanol–water partition coefficient (Wildman–Crippen LogP) is 4.50. The molecule has 0 aliphatic heterocycles. The summed E-state index contributed by atoms with van der Waals surface area (Å²) in [6, 6.07) is 17.3. The van der Waals surface area contributed by atoms with E-state index in [-0.39, 0.29) is 5.97 Å². The molecule has 24 heavy (non-hydrogen) atoms. The van der Waals surface area contributed by atoms with Crippen LogP contribution in [0.2, 0.25) is 0 Å². The van der Waals surface area contributed by atoms with Gasteiger partial charge in [0.2, 0.25) is 0 Å². The summed E-state index contributed by atoms with van der Waals surface area (Å²) in [4.78, 5) is 12.4. The van der Waals surface area contributed by atoms with Crippen LogP contribution in [0.15, 0.2) is 53.0 Å². The van der Waals surface area contributed by atoms with Crippen LogP contribution in [-0.2, 0) is 11.3 Å². The summed E-state index contributed by atoms with van der Waals surface area (Å²) >= 11 is 3.54. The van der Waals surface area contributed by atoms with Gasteiger partial charge in [0.15, 0.2) is 0 Å². The smallest absolute Gasteiger partial charge is 0.356 e. The molecule has 0 amide bonds. The minimum absolute atomic E-state index is 0.316. The van der Waals surface area contributed by atoms with Gasteiger partial charge in [-0.05, 0) is 46.6 Å². The maximum Gasteiger partial charge on any atom is 0.356 e. The summed E-state index contributed by atoms with van der Waals surface area (Å²) in [6.45, 7) is 2.59. The number of carbonyl (C=O) groups excluding carboxylic acids is 1. The zero-order chi connectivity index (χ0) is 17.1. The molecule has 0 N–H and O–H groups in total. The fourth-order valence-electron chi connectivity index (χ4n) is 2.75. The highest BCUT2D eigenvalue weighted by Crippen LogP contribution is 2.32. The van der Waals surface area contributed by atoms with Gasteiger partial charge >= 0.3 is 5.97 Å². The molecule has 0 atom stereocenters. The number of aromatic nitrogens is 1. The molecule has 3 rings (SSSR count). The van der Waals surface area contributed by atoms with Crippen molar-refractivity contribution in [3.05, 3.63) is 69.8 Å². The van der Waals surface area contributed by atoms with Crippen LogP contribution in [0.1, 0.15) is 28.5 Å². The van der Waals surface area contributed by atoms with E-state index in [9.17, 15) is 4.79 Å². The van der Waals surface area contributed by atoms with Crippen LogP contribution in [0, 0.1) is 11.3 Å². The first-order chi connectivity index (χ1) is 11.7. The number of nitriles is 1. The topological polar surface area (TPSA) is 55.0 Å². The highest BCUT2D eigenvalue weighted by molar-refractivity contribution is 9.10. The predicted molar refractivity (Wildman–Crippen MR) is 95.9 cm³/mol. The monoisotopic (exact) mass is 382 g/mol. The summed E-state index contributed by atoms with van der Waals surface area (Å²) in [5.74, 6) is -0.364. The van der Waals surface area contributed by atoms with Crippen molar-refractivity contribution in [2.75, 3.05) is 6.61 Å². The number of carbonyl (C=O) groups is 1. The Bertz CT molecular complexity index is 954. The van der Waals surface area contributed by atoms with Crippen molar-refractivity contribution >= 4 is 32.8 Å². The van der Waals surface area contributed by atoms with E-state index in [4.69, 9.17) is 10.00 Å². The van der Waals surface area contributed by atoms with Crippen molar-refractivity contribution in [2.45, 2.75) is 13.5 Å². The minimum atomic E-state index is -0.364. The highest BCUT2D eigenvalue weighted by Gasteiger charge is 2.22. The van der Waals surface area contributed by atoms with Gasteiger partial charge in [0.05, 0.1) is 28.2 Å². The number of fused-ring (bicyclic) bond motifs is 1. The summed E-state index contributed by atoms with van der Waals surface area (Å²) < 4.78 is 7.87. The number of halogens is 1. The number of hydrogen-bond donors (Lipinski definition) is 0. The van der Waals surface area contributed by atoms with E-state index < -0.39 is 0 Å². The zero-order valence-corrected chi connectivity index (χ0v) is 14.7. The van der Waals surface area contributed by atoms with Crippen LogP contribution in [0.5, 0.6) is 0 Å². The molecule has 0 fully saturated rings. The van der Waals surface area contributed by atoms with Gasteiger partial charge < -0.3 is 9.30 Å². The first kappa shape index (κ1) is 16.3. The van der Waals surface area contributed by atoms with Crippen molar-refractivity contribution in [3.8, 4) is 6.07 Å². The average Bonchev–Trinajstić information content (AvgIpc) is 2.88. The summed E-state index contributed by atoms with van der Waals surface area (Å²) in [5, 5.41) is 10.0. The van der Waals surface area contributed by atoms with Crippen LogP contribution >= 0.6 is 15.9 Å².